The van der Waals surface area contributed by atoms with Crippen molar-refractivity contribution in [2.45, 2.75) is 39.2 Å². The van der Waals surface area contributed by atoms with Gasteiger partial charge >= 0.3 is 0 Å². The third-order valence-electron chi connectivity index (χ3n) is 5.91. The molecular formula is C25H23FN6O2. The first-order valence-electron chi connectivity index (χ1n) is 11.2. The van der Waals surface area contributed by atoms with Gasteiger partial charge in [-0.3, -0.25) is 9.59 Å². The molecule has 0 fully saturated rings. The zero-order chi connectivity index (χ0) is 23.7. The molecular weight excluding hydrogens is 435 g/mol. The van der Waals surface area contributed by atoms with Gasteiger partial charge in [-0.2, -0.15) is 5.10 Å². The van der Waals surface area contributed by atoms with Crippen LogP contribution in [0.15, 0.2) is 59.4 Å². The van der Waals surface area contributed by atoms with Crippen LogP contribution in [-0.2, 0) is 13.0 Å². The second kappa shape index (κ2) is 9.01. The van der Waals surface area contributed by atoms with Crippen LogP contribution < -0.4 is 10.7 Å². The summed E-state index contributed by atoms with van der Waals surface area (Å²) in [5.74, 6) is 0.637. The summed E-state index contributed by atoms with van der Waals surface area (Å²) in [5, 5.41) is 15.5. The van der Waals surface area contributed by atoms with Gasteiger partial charge in [0, 0.05) is 36.0 Å². The van der Waals surface area contributed by atoms with Crippen LogP contribution in [-0.4, -0.2) is 30.5 Å². The second-order valence-corrected chi connectivity index (χ2v) is 8.30. The third-order valence-corrected chi connectivity index (χ3v) is 5.91. The van der Waals surface area contributed by atoms with Crippen LogP contribution in [0.25, 0.3) is 17.1 Å². The molecule has 0 radical (unpaired) electrons. The van der Waals surface area contributed by atoms with E-state index < -0.39 is 17.2 Å². The Bertz CT molecular complexity index is 1420. The lowest BCUT2D eigenvalue weighted by atomic mass is 10.2. The summed E-state index contributed by atoms with van der Waals surface area (Å²) in [6, 6.07) is 14.5. The number of anilines is 1. The fraction of sp³-hybridized carbons (Fsp3) is 0.240. The highest BCUT2D eigenvalue weighted by Gasteiger charge is 2.18. The number of halogens is 1. The van der Waals surface area contributed by atoms with E-state index in [0.29, 0.717) is 11.4 Å². The van der Waals surface area contributed by atoms with E-state index in [1.807, 2.05) is 12.1 Å². The van der Waals surface area contributed by atoms with Crippen LogP contribution in [0, 0.1) is 12.7 Å². The molecule has 9 heteroatoms. The third kappa shape index (κ3) is 4.12. The molecule has 4 aromatic rings. The van der Waals surface area contributed by atoms with Crippen molar-refractivity contribution in [1.82, 2.24) is 24.5 Å². The van der Waals surface area contributed by atoms with Crippen molar-refractivity contribution in [2.24, 2.45) is 0 Å². The summed E-state index contributed by atoms with van der Waals surface area (Å²) < 4.78 is 17.7. The molecule has 0 aliphatic carbocycles. The average molecular weight is 458 g/mol. The van der Waals surface area contributed by atoms with E-state index in [1.54, 1.807) is 31.2 Å². The van der Waals surface area contributed by atoms with Crippen LogP contribution in [0.1, 0.15) is 41.3 Å². The van der Waals surface area contributed by atoms with Gasteiger partial charge in [-0.1, -0.05) is 18.6 Å². The van der Waals surface area contributed by atoms with Gasteiger partial charge in [-0.25, -0.2) is 9.07 Å². The first-order chi connectivity index (χ1) is 16.5. The predicted molar refractivity (Wildman–Crippen MR) is 125 cm³/mol. The average Bonchev–Trinajstić information content (AvgIpc) is 3.08. The minimum absolute atomic E-state index is 0.158. The van der Waals surface area contributed by atoms with Crippen molar-refractivity contribution in [3.63, 3.8) is 0 Å². The minimum Gasteiger partial charge on any atom is -0.320 e. The molecule has 1 aliphatic rings. The van der Waals surface area contributed by atoms with E-state index in [4.69, 9.17) is 0 Å². The lowest BCUT2D eigenvalue weighted by Gasteiger charge is -2.12. The molecule has 0 saturated carbocycles. The van der Waals surface area contributed by atoms with Crippen LogP contribution >= 0.6 is 0 Å². The normalized spacial score (nSPS) is 13.2. The Morgan fingerprint density at radius 3 is 2.62 bits per heavy atom. The highest BCUT2D eigenvalue weighted by Crippen LogP contribution is 2.24. The van der Waals surface area contributed by atoms with Gasteiger partial charge in [0.2, 0.25) is 5.43 Å². The van der Waals surface area contributed by atoms with E-state index in [1.165, 1.54) is 29.3 Å². The van der Waals surface area contributed by atoms with Crippen molar-refractivity contribution >= 4 is 11.6 Å². The van der Waals surface area contributed by atoms with Gasteiger partial charge in [0.05, 0.1) is 0 Å². The summed E-state index contributed by atoms with van der Waals surface area (Å²) >= 11 is 0. The predicted octanol–water partition coefficient (Wildman–Crippen LogP) is 3.92. The Balaban J connectivity index is 1.39. The molecule has 0 unspecified atom stereocenters. The summed E-state index contributed by atoms with van der Waals surface area (Å²) in [7, 11) is 0. The highest BCUT2D eigenvalue weighted by molar-refractivity contribution is 6.02. The molecule has 0 bridgehead atoms. The summed E-state index contributed by atoms with van der Waals surface area (Å²) in [4.78, 5) is 25.3. The van der Waals surface area contributed by atoms with Gasteiger partial charge in [0.25, 0.3) is 5.91 Å². The van der Waals surface area contributed by atoms with Gasteiger partial charge < -0.3 is 9.88 Å². The highest BCUT2D eigenvalue weighted by atomic mass is 19.1. The van der Waals surface area contributed by atoms with E-state index in [0.717, 1.165) is 43.0 Å². The quantitative estimate of drug-likeness (QED) is 0.500. The monoisotopic (exact) mass is 458 g/mol. The zero-order valence-electron chi connectivity index (χ0n) is 18.7. The molecule has 3 heterocycles. The van der Waals surface area contributed by atoms with E-state index in [9.17, 15) is 14.0 Å². The van der Waals surface area contributed by atoms with Gasteiger partial charge in [-0.15, -0.1) is 10.2 Å². The molecule has 2 aromatic heterocycles. The van der Waals surface area contributed by atoms with Crippen LogP contribution in [0.5, 0.6) is 0 Å². The van der Waals surface area contributed by atoms with Crippen molar-refractivity contribution in [3.8, 4) is 17.1 Å². The summed E-state index contributed by atoms with van der Waals surface area (Å²) in [6.07, 6.45) is 4.32. The standard InChI is InChI=1S/C25H23FN6O2/c1-16-15-21(33)23(30-32(16)20-8-5-4-7-19(20)26)25(34)27-18-12-10-17(11-13-18)24-29-28-22-9-3-2-6-14-31(22)24/h4-5,7-8,10-13,15H,2-3,6,9,14H2,1H3,(H,27,34). The lowest BCUT2D eigenvalue weighted by molar-refractivity contribution is 0.101. The first-order valence-corrected chi connectivity index (χ1v) is 11.2. The van der Waals surface area contributed by atoms with Crippen LogP contribution in [0.2, 0.25) is 0 Å². The molecule has 5 rings (SSSR count). The minimum atomic E-state index is -0.667. The molecule has 0 saturated heterocycles. The number of fused-ring (bicyclic) bond motifs is 1. The molecule has 8 nitrogen and oxygen atoms in total. The van der Waals surface area contributed by atoms with Crippen molar-refractivity contribution in [1.29, 1.82) is 0 Å². The Labute approximate surface area is 195 Å². The molecule has 2 aromatic carbocycles. The van der Waals surface area contributed by atoms with Crippen molar-refractivity contribution < 1.29 is 9.18 Å². The fourth-order valence-electron chi connectivity index (χ4n) is 4.16. The smallest absolute Gasteiger partial charge is 0.280 e. The van der Waals surface area contributed by atoms with Crippen LogP contribution in [0.4, 0.5) is 10.1 Å². The molecule has 1 aliphatic heterocycles. The Morgan fingerprint density at radius 1 is 1.03 bits per heavy atom. The van der Waals surface area contributed by atoms with Gasteiger partial charge in [0.1, 0.15) is 17.3 Å². The molecule has 1 amide bonds. The number of nitrogens with one attached hydrogen (secondary N) is 1. The second-order valence-electron chi connectivity index (χ2n) is 8.30. The van der Waals surface area contributed by atoms with E-state index in [2.05, 4.69) is 25.2 Å². The van der Waals surface area contributed by atoms with E-state index in [-0.39, 0.29) is 11.4 Å². The fourth-order valence-corrected chi connectivity index (χ4v) is 4.16. The van der Waals surface area contributed by atoms with Crippen molar-refractivity contribution in [3.05, 3.63) is 87.9 Å². The SMILES string of the molecule is Cc1cc(=O)c(C(=O)Nc2ccc(-c3nnc4n3CCCCC4)cc2)nn1-c1ccccc1F. The Hall–Kier alpha value is -4.14. The maximum Gasteiger partial charge on any atom is 0.280 e. The molecule has 172 valence electrons. The Morgan fingerprint density at radius 2 is 1.82 bits per heavy atom. The Kier molecular flexibility index (Phi) is 5.75. The molecule has 0 atom stereocenters. The number of aryl methyl sites for hydroxylation is 2. The number of hydrogen-bond donors (Lipinski definition) is 1. The number of carbonyl (C=O) groups is 1. The van der Waals surface area contributed by atoms with Crippen LogP contribution in [0.3, 0.4) is 0 Å². The number of rotatable bonds is 4. The maximum atomic E-state index is 14.3. The lowest BCUT2D eigenvalue weighted by Crippen LogP contribution is -2.27. The number of carbonyl (C=O) groups excluding carboxylic acids is 1. The molecule has 34 heavy (non-hydrogen) atoms. The van der Waals surface area contributed by atoms with E-state index >= 15 is 0 Å². The molecule has 1 N–H and O–H groups in total. The topological polar surface area (TPSA) is 94.7 Å². The number of benzene rings is 2. The van der Waals surface area contributed by atoms with Crippen molar-refractivity contribution in [2.75, 3.05) is 5.32 Å². The number of nitrogens with zero attached hydrogens (tertiary/aromatic N) is 5. The van der Waals surface area contributed by atoms with Gasteiger partial charge in [-0.05, 0) is 56.2 Å². The number of hydrogen-bond acceptors (Lipinski definition) is 5. The van der Waals surface area contributed by atoms with Gasteiger partial charge in [0.15, 0.2) is 11.5 Å². The summed E-state index contributed by atoms with van der Waals surface area (Å²) in [6.45, 7) is 2.52. The number of amides is 1. The number of aromatic nitrogens is 5. The maximum absolute atomic E-state index is 14.3. The largest absolute Gasteiger partial charge is 0.320 e. The summed E-state index contributed by atoms with van der Waals surface area (Å²) in [5.41, 5.74) is 1.12. The molecule has 0 spiro atoms. The first kappa shape index (κ1) is 21.7. The zero-order valence-corrected chi connectivity index (χ0v) is 18.7. The number of para-hydroxylation sites is 1.